The predicted molar refractivity (Wildman–Crippen MR) is 81.9 cm³/mol. The minimum Gasteiger partial charge on any atom is -0.464 e. The standard InChI is InChI=1S/C17H23NO2/c1-3-5-6-9-14(4-2)18-17(19)15-10-7-8-13-11-12-20-16(13)15/h7-8,10-12,14H,3-6,9H2,1-2H3,(H,18,19). The molecule has 2 rings (SSSR count). The second kappa shape index (κ2) is 7.13. The van der Waals surface area contributed by atoms with Crippen molar-refractivity contribution in [1.29, 1.82) is 0 Å². The van der Waals surface area contributed by atoms with Gasteiger partial charge in [-0.3, -0.25) is 4.79 Å². The lowest BCUT2D eigenvalue weighted by Crippen LogP contribution is -2.34. The van der Waals surface area contributed by atoms with E-state index in [0.29, 0.717) is 11.1 Å². The molecule has 2 aromatic rings. The number of amides is 1. The van der Waals surface area contributed by atoms with Gasteiger partial charge in [0, 0.05) is 11.4 Å². The quantitative estimate of drug-likeness (QED) is 0.753. The summed E-state index contributed by atoms with van der Waals surface area (Å²) in [5, 5.41) is 4.09. The topological polar surface area (TPSA) is 42.2 Å². The van der Waals surface area contributed by atoms with Crippen LogP contribution in [-0.2, 0) is 0 Å². The highest BCUT2D eigenvalue weighted by Crippen LogP contribution is 2.20. The van der Waals surface area contributed by atoms with Crippen LogP contribution in [-0.4, -0.2) is 11.9 Å². The third kappa shape index (κ3) is 3.41. The van der Waals surface area contributed by atoms with Crippen molar-refractivity contribution >= 4 is 16.9 Å². The van der Waals surface area contributed by atoms with Crippen molar-refractivity contribution in [3.05, 3.63) is 36.1 Å². The lowest BCUT2D eigenvalue weighted by molar-refractivity contribution is 0.0934. The summed E-state index contributed by atoms with van der Waals surface area (Å²) in [5.41, 5.74) is 1.30. The van der Waals surface area contributed by atoms with E-state index in [4.69, 9.17) is 4.42 Å². The first-order chi connectivity index (χ1) is 9.76. The molecule has 1 aromatic heterocycles. The molecule has 1 atom stereocenters. The zero-order chi connectivity index (χ0) is 14.4. The molecule has 1 aromatic carbocycles. The van der Waals surface area contributed by atoms with Crippen molar-refractivity contribution in [2.75, 3.05) is 0 Å². The lowest BCUT2D eigenvalue weighted by Gasteiger charge is -2.16. The molecule has 20 heavy (non-hydrogen) atoms. The zero-order valence-electron chi connectivity index (χ0n) is 12.3. The van der Waals surface area contributed by atoms with Crippen LogP contribution in [0.1, 0.15) is 56.3 Å². The Bertz CT molecular complexity index is 559. The summed E-state index contributed by atoms with van der Waals surface area (Å²) in [5.74, 6) is -0.0334. The van der Waals surface area contributed by atoms with E-state index in [1.165, 1.54) is 19.3 Å². The molecule has 0 saturated carbocycles. The smallest absolute Gasteiger partial charge is 0.255 e. The second-order valence-electron chi connectivity index (χ2n) is 5.22. The summed E-state index contributed by atoms with van der Waals surface area (Å²) in [7, 11) is 0. The maximum Gasteiger partial charge on any atom is 0.255 e. The highest BCUT2D eigenvalue weighted by molar-refractivity contribution is 6.04. The molecule has 0 fully saturated rings. The Morgan fingerprint density at radius 3 is 2.85 bits per heavy atom. The van der Waals surface area contributed by atoms with E-state index in [1.807, 2.05) is 24.3 Å². The van der Waals surface area contributed by atoms with Gasteiger partial charge in [-0.2, -0.15) is 0 Å². The molecule has 0 spiro atoms. The maximum atomic E-state index is 12.4. The van der Waals surface area contributed by atoms with E-state index in [2.05, 4.69) is 19.2 Å². The van der Waals surface area contributed by atoms with Crippen LogP contribution in [0.2, 0.25) is 0 Å². The van der Waals surface area contributed by atoms with Gasteiger partial charge >= 0.3 is 0 Å². The van der Waals surface area contributed by atoms with E-state index < -0.39 is 0 Å². The van der Waals surface area contributed by atoms with Gasteiger partial charge in [0.05, 0.1) is 11.8 Å². The molecule has 0 aliphatic heterocycles. The molecule has 0 saturated heterocycles. The Morgan fingerprint density at radius 2 is 2.10 bits per heavy atom. The van der Waals surface area contributed by atoms with Crippen LogP contribution in [0.5, 0.6) is 0 Å². The molecule has 1 unspecified atom stereocenters. The lowest BCUT2D eigenvalue weighted by atomic mass is 10.1. The largest absolute Gasteiger partial charge is 0.464 e. The average Bonchev–Trinajstić information content (AvgIpc) is 2.94. The van der Waals surface area contributed by atoms with Gasteiger partial charge in [0.1, 0.15) is 5.58 Å². The third-order valence-corrected chi connectivity index (χ3v) is 3.71. The van der Waals surface area contributed by atoms with Crippen molar-refractivity contribution in [2.24, 2.45) is 0 Å². The first kappa shape index (κ1) is 14.6. The SMILES string of the molecule is CCCCCC(CC)NC(=O)c1cccc2ccoc12. The van der Waals surface area contributed by atoms with E-state index in [1.54, 1.807) is 6.26 Å². The molecule has 3 nitrogen and oxygen atoms in total. The maximum absolute atomic E-state index is 12.4. The summed E-state index contributed by atoms with van der Waals surface area (Å²) in [6.45, 7) is 4.31. The monoisotopic (exact) mass is 273 g/mol. The van der Waals surface area contributed by atoms with E-state index in [0.717, 1.165) is 18.2 Å². The molecular formula is C17H23NO2. The molecule has 0 aliphatic rings. The van der Waals surface area contributed by atoms with Gasteiger partial charge < -0.3 is 9.73 Å². The van der Waals surface area contributed by atoms with Crippen LogP contribution in [0.4, 0.5) is 0 Å². The molecule has 0 radical (unpaired) electrons. The Kier molecular flexibility index (Phi) is 5.22. The number of fused-ring (bicyclic) bond motifs is 1. The molecule has 108 valence electrons. The summed E-state index contributed by atoms with van der Waals surface area (Å²) < 4.78 is 5.42. The van der Waals surface area contributed by atoms with Crippen LogP contribution in [0.15, 0.2) is 34.9 Å². The average molecular weight is 273 g/mol. The van der Waals surface area contributed by atoms with Gasteiger partial charge in [-0.15, -0.1) is 0 Å². The molecule has 1 heterocycles. The fraction of sp³-hybridized carbons (Fsp3) is 0.471. The number of carbonyl (C=O) groups excluding carboxylic acids is 1. The third-order valence-electron chi connectivity index (χ3n) is 3.71. The van der Waals surface area contributed by atoms with Gasteiger partial charge in [0.25, 0.3) is 5.91 Å². The fourth-order valence-corrected chi connectivity index (χ4v) is 2.45. The highest BCUT2D eigenvalue weighted by atomic mass is 16.3. The Hall–Kier alpha value is -1.77. The number of benzene rings is 1. The Labute approximate surface area is 120 Å². The van der Waals surface area contributed by atoms with Crippen molar-refractivity contribution < 1.29 is 9.21 Å². The normalized spacial score (nSPS) is 12.5. The van der Waals surface area contributed by atoms with Crippen molar-refractivity contribution in [3.63, 3.8) is 0 Å². The summed E-state index contributed by atoms with van der Waals surface area (Å²) in [4.78, 5) is 12.4. The molecule has 1 N–H and O–H groups in total. The number of unbranched alkanes of at least 4 members (excludes halogenated alkanes) is 2. The summed E-state index contributed by atoms with van der Waals surface area (Å²) in [6.07, 6.45) is 7.23. The van der Waals surface area contributed by atoms with Gasteiger partial charge in [-0.25, -0.2) is 0 Å². The molecule has 0 bridgehead atoms. The number of para-hydroxylation sites is 1. The molecular weight excluding hydrogens is 250 g/mol. The van der Waals surface area contributed by atoms with Crippen LogP contribution >= 0.6 is 0 Å². The number of rotatable bonds is 7. The van der Waals surface area contributed by atoms with Crippen molar-refractivity contribution in [1.82, 2.24) is 5.32 Å². The van der Waals surface area contributed by atoms with Gasteiger partial charge in [0.15, 0.2) is 0 Å². The Morgan fingerprint density at radius 1 is 1.25 bits per heavy atom. The predicted octanol–water partition coefficient (Wildman–Crippen LogP) is 4.52. The van der Waals surface area contributed by atoms with Crippen LogP contribution in [0.25, 0.3) is 11.0 Å². The summed E-state index contributed by atoms with van der Waals surface area (Å²) >= 11 is 0. The summed E-state index contributed by atoms with van der Waals surface area (Å²) in [6, 6.07) is 7.79. The molecule has 1 amide bonds. The van der Waals surface area contributed by atoms with Crippen molar-refractivity contribution in [3.8, 4) is 0 Å². The van der Waals surface area contributed by atoms with E-state index in [9.17, 15) is 4.79 Å². The zero-order valence-corrected chi connectivity index (χ0v) is 12.3. The van der Waals surface area contributed by atoms with E-state index >= 15 is 0 Å². The van der Waals surface area contributed by atoms with Gasteiger partial charge in [0.2, 0.25) is 0 Å². The Balaban J connectivity index is 2.05. The van der Waals surface area contributed by atoms with Gasteiger partial charge in [-0.05, 0) is 25.0 Å². The van der Waals surface area contributed by atoms with Crippen LogP contribution < -0.4 is 5.32 Å². The minimum absolute atomic E-state index is 0.0334. The number of hydrogen-bond donors (Lipinski definition) is 1. The molecule has 0 aliphatic carbocycles. The van der Waals surface area contributed by atoms with Gasteiger partial charge in [-0.1, -0.05) is 45.2 Å². The van der Waals surface area contributed by atoms with Crippen LogP contribution in [0.3, 0.4) is 0 Å². The number of carbonyl (C=O) groups is 1. The minimum atomic E-state index is -0.0334. The fourth-order valence-electron chi connectivity index (χ4n) is 2.45. The number of nitrogens with one attached hydrogen (secondary N) is 1. The first-order valence-electron chi connectivity index (χ1n) is 7.53. The highest BCUT2D eigenvalue weighted by Gasteiger charge is 2.15. The first-order valence-corrected chi connectivity index (χ1v) is 7.53. The second-order valence-corrected chi connectivity index (χ2v) is 5.22. The number of hydrogen-bond acceptors (Lipinski definition) is 2. The van der Waals surface area contributed by atoms with Crippen LogP contribution in [0, 0.1) is 0 Å². The van der Waals surface area contributed by atoms with E-state index in [-0.39, 0.29) is 11.9 Å². The number of furan rings is 1. The van der Waals surface area contributed by atoms with Crippen molar-refractivity contribution in [2.45, 2.75) is 52.0 Å². The molecule has 3 heteroatoms.